The van der Waals surface area contributed by atoms with Crippen LogP contribution in [0.4, 0.5) is 18.9 Å². The van der Waals surface area contributed by atoms with E-state index in [0.717, 1.165) is 12.1 Å². The van der Waals surface area contributed by atoms with Gasteiger partial charge in [-0.1, -0.05) is 12.2 Å². The summed E-state index contributed by atoms with van der Waals surface area (Å²) in [5.41, 5.74) is 5.34. The second-order valence-electron chi connectivity index (χ2n) is 3.68. The average Bonchev–Trinajstić information content (AvgIpc) is 2.24. The Hall–Kier alpha value is -1.98. The third-order valence-electron chi connectivity index (χ3n) is 2.18. The van der Waals surface area contributed by atoms with E-state index < -0.39 is 11.7 Å². The predicted molar refractivity (Wildman–Crippen MR) is 63.6 cm³/mol. The first-order valence-electron chi connectivity index (χ1n) is 5.18. The van der Waals surface area contributed by atoms with Crippen LogP contribution < -0.4 is 11.1 Å². The summed E-state index contributed by atoms with van der Waals surface area (Å²) in [4.78, 5) is 10.6. The van der Waals surface area contributed by atoms with Crippen molar-refractivity contribution in [1.82, 2.24) is 5.32 Å². The van der Waals surface area contributed by atoms with E-state index >= 15 is 0 Å². The molecular formula is C12H13F3N2O. The van der Waals surface area contributed by atoms with E-state index in [1.807, 2.05) is 0 Å². The number of amides is 1. The van der Waals surface area contributed by atoms with Gasteiger partial charge in [0.2, 0.25) is 5.91 Å². The molecule has 0 aliphatic carbocycles. The highest BCUT2D eigenvalue weighted by Gasteiger charge is 2.30. The van der Waals surface area contributed by atoms with Crippen molar-refractivity contribution in [1.29, 1.82) is 0 Å². The maximum Gasteiger partial charge on any atom is 0.416 e. The largest absolute Gasteiger partial charge is 0.416 e. The van der Waals surface area contributed by atoms with Crippen molar-refractivity contribution in [2.24, 2.45) is 0 Å². The molecule has 3 N–H and O–H groups in total. The number of nitrogens with one attached hydrogen (secondary N) is 1. The Morgan fingerprint density at radius 2 is 2.11 bits per heavy atom. The molecule has 1 amide bonds. The zero-order valence-electron chi connectivity index (χ0n) is 9.71. The number of hydrogen-bond acceptors (Lipinski definition) is 2. The molecule has 1 aromatic rings. The molecule has 0 fully saturated rings. The minimum Gasteiger partial charge on any atom is -0.398 e. The van der Waals surface area contributed by atoms with E-state index in [1.165, 1.54) is 25.1 Å². The molecule has 0 aliphatic heterocycles. The number of alkyl halides is 3. The van der Waals surface area contributed by atoms with Crippen LogP contribution in [0.2, 0.25) is 0 Å². The molecule has 0 saturated heterocycles. The van der Waals surface area contributed by atoms with Gasteiger partial charge in [0.05, 0.1) is 5.56 Å². The number of benzene rings is 1. The lowest BCUT2D eigenvalue weighted by Crippen LogP contribution is -2.19. The number of nitrogens with two attached hydrogens (primary N) is 1. The molecule has 0 aliphatic rings. The average molecular weight is 258 g/mol. The van der Waals surface area contributed by atoms with E-state index in [-0.39, 0.29) is 23.7 Å². The van der Waals surface area contributed by atoms with Crippen LogP contribution in [0.3, 0.4) is 0 Å². The van der Waals surface area contributed by atoms with Crippen molar-refractivity contribution in [2.75, 3.05) is 12.3 Å². The third kappa shape index (κ3) is 4.12. The predicted octanol–water partition coefficient (Wildman–Crippen LogP) is 2.44. The summed E-state index contributed by atoms with van der Waals surface area (Å²) in [7, 11) is 0. The van der Waals surface area contributed by atoms with Gasteiger partial charge in [-0.05, 0) is 23.8 Å². The summed E-state index contributed by atoms with van der Waals surface area (Å²) >= 11 is 0. The fourth-order valence-corrected chi connectivity index (χ4v) is 1.28. The Morgan fingerprint density at radius 3 is 2.67 bits per heavy atom. The number of hydrogen-bond donors (Lipinski definition) is 2. The van der Waals surface area contributed by atoms with Gasteiger partial charge < -0.3 is 11.1 Å². The molecule has 0 saturated carbocycles. The van der Waals surface area contributed by atoms with E-state index in [4.69, 9.17) is 5.73 Å². The van der Waals surface area contributed by atoms with Crippen LogP contribution in [0.25, 0.3) is 6.08 Å². The molecule has 0 spiro atoms. The molecule has 98 valence electrons. The molecule has 0 atom stereocenters. The van der Waals surface area contributed by atoms with Gasteiger partial charge in [0.1, 0.15) is 0 Å². The third-order valence-corrected chi connectivity index (χ3v) is 2.18. The highest BCUT2D eigenvalue weighted by molar-refractivity contribution is 5.73. The van der Waals surface area contributed by atoms with Crippen molar-refractivity contribution in [3.05, 3.63) is 35.4 Å². The lowest BCUT2D eigenvalue weighted by Gasteiger charge is -2.08. The fourth-order valence-electron chi connectivity index (χ4n) is 1.28. The number of halogens is 3. The van der Waals surface area contributed by atoms with Gasteiger partial charge in [-0.3, -0.25) is 4.79 Å². The molecule has 0 unspecified atom stereocenters. The van der Waals surface area contributed by atoms with Crippen LogP contribution in [-0.4, -0.2) is 12.5 Å². The van der Waals surface area contributed by atoms with E-state index in [0.29, 0.717) is 0 Å². The number of nitrogen functional groups attached to an aromatic ring is 1. The standard InChI is InChI=1S/C12H13F3N2O/c1-8(18)17-6-2-3-9-7-10(12(13,14)15)4-5-11(9)16/h2-5,7H,6,16H2,1H3,(H,17,18). The molecule has 3 nitrogen and oxygen atoms in total. The Bertz CT molecular complexity index is 467. The van der Waals surface area contributed by atoms with Crippen molar-refractivity contribution < 1.29 is 18.0 Å². The minimum absolute atomic E-state index is 0.211. The maximum absolute atomic E-state index is 12.5. The fraction of sp³-hybridized carbons (Fsp3) is 0.250. The topological polar surface area (TPSA) is 55.1 Å². The number of rotatable bonds is 3. The number of carbonyl (C=O) groups is 1. The number of carbonyl (C=O) groups excluding carboxylic acids is 1. The van der Waals surface area contributed by atoms with Gasteiger partial charge in [0.15, 0.2) is 0 Å². The molecule has 18 heavy (non-hydrogen) atoms. The number of anilines is 1. The molecule has 0 bridgehead atoms. The quantitative estimate of drug-likeness (QED) is 0.818. The van der Waals surface area contributed by atoms with Crippen LogP contribution in [-0.2, 0) is 11.0 Å². The Kier molecular flexibility index (Phi) is 4.36. The normalized spacial score (nSPS) is 11.8. The van der Waals surface area contributed by atoms with Crippen LogP contribution in [0.5, 0.6) is 0 Å². The second-order valence-corrected chi connectivity index (χ2v) is 3.68. The lowest BCUT2D eigenvalue weighted by molar-refractivity contribution is -0.137. The van der Waals surface area contributed by atoms with Crippen molar-refractivity contribution in [3.63, 3.8) is 0 Å². The van der Waals surface area contributed by atoms with Crippen LogP contribution >= 0.6 is 0 Å². The summed E-state index contributed by atoms with van der Waals surface area (Å²) in [6.07, 6.45) is -1.41. The summed E-state index contributed by atoms with van der Waals surface area (Å²) in [5.74, 6) is -0.211. The van der Waals surface area contributed by atoms with E-state index in [1.54, 1.807) is 0 Å². The van der Waals surface area contributed by atoms with Crippen molar-refractivity contribution in [3.8, 4) is 0 Å². The molecule has 0 radical (unpaired) electrons. The first kappa shape index (κ1) is 14.1. The molecule has 0 heterocycles. The molecule has 0 aromatic heterocycles. The maximum atomic E-state index is 12.5. The first-order valence-corrected chi connectivity index (χ1v) is 5.18. The summed E-state index contributed by atoms with van der Waals surface area (Å²) in [6.45, 7) is 1.59. The molecule has 1 aromatic carbocycles. The van der Waals surface area contributed by atoms with Crippen LogP contribution in [0.1, 0.15) is 18.1 Å². The van der Waals surface area contributed by atoms with E-state index in [9.17, 15) is 18.0 Å². The highest BCUT2D eigenvalue weighted by Crippen LogP contribution is 2.31. The first-order chi connectivity index (χ1) is 8.30. The van der Waals surface area contributed by atoms with Crippen LogP contribution in [0.15, 0.2) is 24.3 Å². The molecule has 6 heteroatoms. The Balaban J connectivity index is 2.85. The summed E-state index contributed by atoms with van der Waals surface area (Å²) in [5, 5.41) is 2.49. The zero-order valence-corrected chi connectivity index (χ0v) is 9.71. The monoisotopic (exact) mass is 258 g/mol. The SMILES string of the molecule is CC(=O)NCC=Cc1cc(C(F)(F)F)ccc1N. The Morgan fingerprint density at radius 1 is 1.44 bits per heavy atom. The lowest BCUT2D eigenvalue weighted by atomic mass is 10.1. The van der Waals surface area contributed by atoms with Crippen molar-refractivity contribution >= 4 is 17.7 Å². The highest BCUT2D eigenvalue weighted by atomic mass is 19.4. The van der Waals surface area contributed by atoms with Gasteiger partial charge >= 0.3 is 6.18 Å². The van der Waals surface area contributed by atoms with Gasteiger partial charge in [-0.15, -0.1) is 0 Å². The smallest absolute Gasteiger partial charge is 0.398 e. The van der Waals surface area contributed by atoms with Gasteiger partial charge in [0, 0.05) is 19.2 Å². The summed E-state index contributed by atoms with van der Waals surface area (Å²) < 4.78 is 37.4. The van der Waals surface area contributed by atoms with E-state index in [2.05, 4.69) is 5.32 Å². The minimum atomic E-state index is -4.39. The molecular weight excluding hydrogens is 245 g/mol. The summed E-state index contributed by atoms with van der Waals surface area (Å²) in [6, 6.07) is 3.11. The van der Waals surface area contributed by atoms with Crippen molar-refractivity contribution in [2.45, 2.75) is 13.1 Å². The van der Waals surface area contributed by atoms with Gasteiger partial charge in [-0.25, -0.2) is 0 Å². The van der Waals surface area contributed by atoms with Gasteiger partial charge in [-0.2, -0.15) is 13.2 Å². The Labute approximate surface area is 102 Å². The second kappa shape index (κ2) is 5.57. The molecule has 1 rings (SSSR count). The zero-order chi connectivity index (χ0) is 13.8. The van der Waals surface area contributed by atoms with Gasteiger partial charge in [0.25, 0.3) is 0 Å². The van der Waals surface area contributed by atoms with Crippen LogP contribution in [0, 0.1) is 0 Å².